The summed E-state index contributed by atoms with van der Waals surface area (Å²) < 4.78 is 11.3. The topological polar surface area (TPSA) is 131 Å². The van der Waals surface area contributed by atoms with Crippen molar-refractivity contribution in [2.45, 2.75) is 31.3 Å². The van der Waals surface area contributed by atoms with Crippen LogP contribution in [0.5, 0.6) is 11.5 Å². The van der Waals surface area contributed by atoms with Gasteiger partial charge in [0.1, 0.15) is 23.2 Å². The van der Waals surface area contributed by atoms with Crippen LogP contribution >= 0.6 is 0 Å². The minimum absolute atomic E-state index is 0.126. The highest BCUT2D eigenvalue weighted by molar-refractivity contribution is 5.78. The van der Waals surface area contributed by atoms with Crippen LogP contribution in [0.3, 0.4) is 0 Å². The van der Waals surface area contributed by atoms with Gasteiger partial charge in [0.2, 0.25) is 6.19 Å². The van der Waals surface area contributed by atoms with Crippen LogP contribution in [0.4, 0.5) is 0 Å². The number of amidine groups is 1. The average Bonchev–Trinajstić information content (AvgIpc) is 2.67. The number of nitriles is 2. The summed E-state index contributed by atoms with van der Waals surface area (Å²) in [6, 6.07) is 14.7. The van der Waals surface area contributed by atoms with E-state index < -0.39 is 17.4 Å². The maximum absolute atomic E-state index is 11.4. The number of hydrogen-bond donors (Lipinski definition) is 3. The SMILES string of the molecule is CC1(C)Oc2ccc(C#N)cc2C(O)(NC(=NC#N)Oc2ccccc2)C1O. The number of para-hydroxylation sites is 1. The summed E-state index contributed by atoms with van der Waals surface area (Å²) >= 11 is 0. The maximum Gasteiger partial charge on any atom is 0.308 e. The molecule has 2 aromatic rings. The summed E-state index contributed by atoms with van der Waals surface area (Å²) in [5.74, 6) is 0.653. The molecule has 0 aliphatic carbocycles. The van der Waals surface area contributed by atoms with Crippen LogP contribution in [0.1, 0.15) is 25.0 Å². The van der Waals surface area contributed by atoms with Crippen LogP contribution in [0.25, 0.3) is 0 Å². The molecule has 1 aliphatic rings. The number of benzene rings is 2. The summed E-state index contributed by atoms with van der Waals surface area (Å²) in [6.07, 6.45) is 0.119. The van der Waals surface area contributed by atoms with Crippen molar-refractivity contribution in [2.24, 2.45) is 4.99 Å². The molecule has 1 aliphatic heterocycles. The first-order chi connectivity index (χ1) is 13.3. The molecule has 28 heavy (non-hydrogen) atoms. The quantitative estimate of drug-likeness (QED) is 0.314. The highest BCUT2D eigenvalue weighted by Gasteiger charge is 2.54. The van der Waals surface area contributed by atoms with Gasteiger partial charge in [0.15, 0.2) is 5.72 Å². The Labute approximate surface area is 161 Å². The molecule has 2 unspecified atom stereocenters. The fraction of sp³-hybridized carbons (Fsp3) is 0.250. The zero-order chi connectivity index (χ0) is 20.4. The van der Waals surface area contributed by atoms with E-state index in [1.165, 1.54) is 18.2 Å². The van der Waals surface area contributed by atoms with Crippen LogP contribution in [0.15, 0.2) is 53.5 Å². The van der Waals surface area contributed by atoms with Gasteiger partial charge in [-0.05, 0) is 44.2 Å². The van der Waals surface area contributed by atoms with Crippen molar-refractivity contribution in [3.63, 3.8) is 0 Å². The summed E-state index contributed by atoms with van der Waals surface area (Å²) in [4.78, 5) is 3.57. The van der Waals surface area contributed by atoms with Gasteiger partial charge in [-0.15, -0.1) is 4.99 Å². The molecule has 8 nitrogen and oxygen atoms in total. The van der Waals surface area contributed by atoms with Gasteiger partial charge < -0.3 is 25.0 Å². The molecule has 0 saturated heterocycles. The number of nitrogens with one attached hydrogen (secondary N) is 1. The number of fused-ring (bicyclic) bond motifs is 1. The fourth-order valence-corrected chi connectivity index (χ4v) is 3.00. The molecule has 2 atom stereocenters. The minimum atomic E-state index is -2.13. The number of hydrogen-bond acceptors (Lipinski definition) is 7. The number of ether oxygens (including phenoxy) is 2. The molecule has 3 rings (SSSR count). The van der Waals surface area contributed by atoms with Crippen molar-refractivity contribution in [3.8, 4) is 23.8 Å². The molecule has 0 spiro atoms. The van der Waals surface area contributed by atoms with E-state index in [2.05, 4.69) is 10.3 Å². The van der Waals surface area contributed by atoms with Gasteiger partial charge in [0.05, 0.1) is 17.2 Å². The fourth-order valence-electron chi connectivity index (χ4n) is 3.00. The third kappa shape index (κ3) is 3.47. The lowest BCUT2D eigenvalue weighted by molar-refractivity contribution is -0.180. The van der Waals surface area contributed by atoms with Crippen molar-refractivity contribution in [2.75, 3.05) is 0 Å². The van der Waals surface area contributed by atoms with Gasteiger partial charge in [-0.1, -0.05) is 18.2 Å². The van der Waals surface area contributed by atoms with E-state index in [0.29, 0.717) is 5.75 Å². The van der Waals surface area contributed by atoms with Crippen LogP contribution in [-0.4, -0.2) is 27.9 Å². The lowest BCUT2D eigenvalue weighted by Gasteiger charge is -2.47. The van der Waals surface area contributed by atoms with Crippen LogP contribution in [0, 0.1) is 22.8 Å². The van der Waals surface area contributed by atoms with E-state index in [9.17, 15) is 15.5 Å². The standard InChI is InChI=1S/C20H18N4O4/c1-19(2)17(25)20(26,15-10-13(11-21)8-9-16(15)28-19)24-18(23-12-22)27-14-6-4-3-5-7-14/h3-10,17,25-26H,1-2H3,(H,23,24). The van der Waals surface area contributed by atoms with Crippen molar-refractivity contribution in [1.29, 1.82) is 10.5 Å². The van der Waals surface area contributed by atoms with Crippen molar-refractivity contribution < 1.29 is 19.7 Å². The summed E-state index contributed by atoms with van der Waals surface area (Å²) in [5.41, 5.74) is -2.93. The molecule has 0 radical (unpaired) electrons. The summed E-state index contributed by atoms with van der Waals surface area (Å²) in [7, 11) is 0. The van der Waals surface area contributed by atoms with Gasteiger partial charge >= 0.3 is 6.02 Å². The second-order valence-corrected chi connectivity index (χ2v) is 6.75. The molecule has 0 fully saturated rings. The first-order valence-electron chi connectivity index (χ1n) is 8.42. The highest BCUT2D eigenvalue weighted by atomic mass is 16.5. The zero-order valence-corrected chi connectivity index (χ0v) is 15.2. The van der Waals surface area contributed by atoms with E-state index in [-0.39, 0.29) is 22.9 Å². The Kier molecular flexibility index (Phi) is 4.93. The second-order valence-electron chi connectivity index (χ2n) is 6.75. The molecule has 0 aromatic heterocycles. The molecule has 142 valence electrons. The Balaban J connectivity index is 2.06. The first-order valence-corrected chi connectivity index (χ1v) is 8.42. The largest absolute Gasteiger partial charge is 0.484 e. The molecule has 1 heterocycles. The summed E-state index contributed by atoms with van der Waals surface area (Å²) in [6.45, 7) is 3.20. The predicted molar refractivity (Wildman–Crippen MR) is 99.0 cm³/mol. The number of aliphatic hydroxyl groups excluding tert-OH is 1. The van der Waals surface area contributed by atoms with Gasteiger partial charge in [-0.2, -0.15) is 10.5 Å². The number of aliphatic hydroxyl groups is 2. The lowest BCUT2D eigenvalue weighted by Crippen LogP contribution is -2.65. The molecular formula is C20H18N4O4. The normalized spacial score (nSPS) is 22.8. The van der Waals surface area contributed by atoms with E-state index in [0.717, 1.165) is 0 Å². The molecule has 8 heteroatoms. The minimum Gasteiger partial charge on any atom is -0.484 e. The summed E-state index contributed by atoms with van der Waals surface area (Å²) in [5, 5.41) is 43.1. The van der Waals surface area contributed by atoms with E-state index in [1.54, 1.807) is 50.4 Å². The van der Waals surface area contributed by atoms with Gasteiger partial charge in [-0.3, -0.25) is 0 Å². The zero-order valence-electron chi connectivity index (χ0n) is 15.2. The molecular weight excluding hydrogens is 360 g/mol. The number of rotatable bonds is 2. The number of aliphatic imine (C=N–C) groups is 1. The Morgan fingerprint density at radius 3 is 2.57 bits per heavy atom. The van der Waals surface area contributed by atoms with Crippen molar-refractivity contribution in [1.82, 2.24) is 5.32 Å². The van der Waals surface area contributed by atoms with E-state index >= 15 is 0 Å². The van der Waals surface area contributed by atoms with Crippen LogP contribution in [0.2, 0.25) is 0 Å². The average molecular weight is 378 g/mol. The van der Waals surface area contributed by atoms with Gasteiger partial charge in [0, 0.05) is 0 Å². The Morgan fingerprint density at radius 1 is 1.21 bits per heavy atom. The Hall–Kier alpha value is -3.59. The van der Waals surface area contributed by atoms with E-state index in [4.69, 9.17) is 14.7 Å². The highest BCUT2D eigenvalue weighted by Crippen LogP contribution is 2.42. The molecule has 2 aromatic carbocycles. The number of nitrogens with zero attached hydrogens (tertiary/aromatic N) is 3. The van der Waals surface area contributed by atoms with Crippen LogP contribution < -0.4 is 14.8 Å². The predicted octanol–water partition coefficient (Wildman–Crippen LogP) is 1.74. The molecule has 3 N–H and O–H groups in total. The third-order valence-electron chi connectivity index (χ3n) is 4.35. The van der Waals surface area contributed by atoms with E-state index in [1.807, 2.05) is 6.07 Å². The first kappa shape index (κ1) is 19.2. The van der Waals surface area contributed by atoms with Crippen LogP contribution in [-0.2, 0) is 5.72 Å². The van der Waals surface area contributed by atoms with Crippen molar-refractivity contribution >= 4 is 6.02 Å². The molecule has 0 bridgehead atoms. The van der Waals surface area contributed by atoms with Gasteiger partial charge in [-0.25, -0.2) is 0 Å². The second kappa shape index (κ2) is 7.20. The lowest BCUT2D eigenvalue weighted by atomic mass is 9.83. The van der Waals surface area contributed by atoms with Gasteiger partial charge in [0.25, 0.3) is 0 Å². The third-order valence-corrected chi connectivity index (χ3v) is 4.35. The Morgan fingerprint density at radius 2 is 1.93 bits per heavy atom. The molecule has 0 amide bonds. The Bertz CT molecular complexity index is 992. The molecule has 0 saturated carbocycles. The monoisotopic (exact) mass is 378 g/mol. The van der Waals surface area contributed by atoms with Crippen molar-refractivity contribution in [3.05, 3.63) is 59.7 Å². The smallest absolute Gasteiger partial charge is 0.308 e. The maximum atomic E-state index is 11.4.